The SMILES string of the molecule is c1ccc(CNCCCCN(Cc2nccc3c2Cc2ccccc2-3)C2CCCc3cccnc32)nc1. The maximum absolute atomic E-state index is 4.93. The van der Waals surface area contributed by atoms with Gasteiger partial charge in [-0.2, -0.15) is 0 Å². The van der Waals surface area contributed by atoms with Crippen LogP contribution in [-0.2, 0) is 25.9 Å². The highest BCUT2D eigenvalue weighted by Crippen LogP contribution is 2.39. The molecule has 3 aromatic heterocycles. The van der Waals surface area contributed by atoms with Gasteiger partial charge in [0, 0.05) is 38.1 Å². The molecule has 0 fully saturated rings. The number of hydrogen-bond donors (Lipinski definition) is 1. The Morgan fingerprint density at radius 3 is 2.65 bits per heavy atom. The summed E-state index contributed by atoms with van der Waals surface area (Å²) in [6.45, 7) is 3.74. The lowest BCUT2D eigenvalue weighted by Crippen LogP contribution is -2.33. The number of nitrogens with one attached hydrogen (secondary N) is 1. The molecule has 0 radical (unpaired) electrons. The van der Waals surface area contributed by atoms with Gasteiger partial charge < -0.3 is 5.32 Å². The third kappa shape index (κ3) is 5.34. The molecule has 4 aromatic rings. The zero-order valence-electron chi connectivity index (χ0n) is 21.4. The van der Waals surface area contributed by atoms with Crippen molar-refractivity contribution < 1.29 is 0 Å². The van der Waals surface area contributed by atoms with Gasteiger partial charge in [-0.3, -0.25) is 19.9 Å². The minimum absolute atomic E-state index is 0.355. The van der Waals surface area contributed by atoms with E-state index in [0.717, 1.165) is 64.0 Å². The molecule has 0 saturated heterocycles. The third-order valence-electron chi connectivity index (χ3n) is 7.86. The van der Waals surface area contributed by atoms with Crippen molar-refractivity contribution >= 4 is 0 Å². The predicted molar refractivity (Wildman–Crippen MR) is 148 cm³/mol. The average molecular weight is 490 g/mol. The second-order valence-corrected chi connectivity index (χ2v) is 10.2. The summed E-state index contributed by atoms with van der Waals surface area (Å²) in [5, 5.41) is 3.56. The summed E-state index contributed by atoms with van der Waals surface area (Å²) >= 11 is 0. The Bertz CT molecular complexity index is 1340. The van der Waals surface area contributed by atoms with Crippen LogP contribution >= 0.6 is 0 Å². The van der Waals surface area contributed by atoms with Crippen LogP contribution in [0.2, 0.25) is 0 Å². The van der Waals surface area contributed by atoms with Crippen LogP contribution in [0.5, 0.6) is 0 Å². The predicted octanol–water partition coefficient (Wildman–Crippen LogP) is 5.89. The number of nitrogens with zero attached hydrogens (tertiary/aromatic N) is 4. The van der Waals surface area contributed by atoms with Crippen LogP contribution < -0.4 is 5.32 Å². The van der Waals surface area contributed by atoms with Crippen LogP contribution in [0.4, 0.5) is 0 Å². The Kier molecular flexibility index (Phi) is 7.33. The highest BCUT2D eigenvalue weighted by atomic mass is 15.2. The van der Waals surface area contributed by atoms with Crippen molar-refractivity contribution in [2.45, 2.75) is 57.7 Å². The van der Waals surface area contributed by atoms with Gasteiger partial charge >= 0.3 is 0 Å². The number of rotatable bonds is 10. The third-order valence-corrected chi connectivity index (χ3v) is 7.86. The number of fused-ring (bicyclic) bond motifs is 4. The molecule has 3 heterocycles. The van der Waals surface area contributed by atoms with Gasteiger partial charge in [0.2, 0.25) is 0 Å². The van der Waals surface area contributed by atoms with Crippen molar-refractivity contribution in [2.75, 3.05) is 13.1 Å². The molecular formula is C32H35N5. The van der Waals surface area contributed by atoms with E-state index in [1.165, 1.54) is 45.6 Å². The van der Waals surface area contributed by atoms with Gasteiger partial charge in [-0.05, 0) is 97.3 Å². The Morgan fingerprint density at radius 1 is 0.811 bits per heavy atom. The summed E-state index contributed by atoms with van der Waals surface area (Å²) in [5.74, 6) is 0. The molecule has 2 aliphatic rings. The number of benzene rings is 1. The van der Waals surface area contributed by atoms with E-state index in [0.29, 0.717) is 6.04 Å². The van der Waals surface area contributed by atoms with Gasteiger partial charge in [0.1, 0.15) is 0 Å². The van der Waals surface area contributed by atoms with E-state index in [1.807, 2.05) is 30.7 Å². The van der Waals surface area contributed by atoms with Gasteiger partial charge in [0.15, 0.2) is 0 Å². The number of aryl methyl sites for hydroxylation is 1. The van der Waals surface area contributed by atoms with E-state index in [4.69, 9.17) is 9.97 Å². The van der Waals surface area contributed by atoms with Crippen molar-refractivity contribution in [1.29, 1.82) is 0 Å². The van der Waals surface area contributed by atoms with Gasteiger partial charge in [-0.15, -0.1) is 0 Å². The molecule has 37 heavy (non-hydrogen) atoms. The molecule has 1 unspecified atom stereocenters. The summed E-state index contributed by atoms with van der Waals surface area (Å²) < 4.78 is 0. The summed E-state index contributed by atoms with van der Waals surface area (Å²) in [6, 6.07) is 21.8. The van der Waals surface area contributed by atoms with Crippen LogP contribution in [0.25, 0.3) is 11.1 Å². The highest BCUT2D eigenvalue weighted by Gasteiger charge is 2.29. The summed E-state index contributed by atoms with van der Waals surface area (Å²) in [7, 11) is 0. The average Bonchev–Trinajstić information content (AvgIpc) is 3.34. The van der Waals surface area contributed by atoms with Crippen molar-refractivity contribution in [3.8, 4) is 11.1 Å². The molecule has 0 amide bonds. The molecule has 6 rings (SSSR count). The van der Waals surface area contributed by atoms with Gasteiger partial charge in [0.05, 0.1) is 23.1 Å². The highest BCUT2D eigenvalue weighted by molar-refractivity contribution is 5.77. The van der Waals surface area contributed by atoms with E-state index in [-0.39, 0.29) is 0 Å². The fraction of sp³-hybridized carbons (Fsp3) is 0.344. The molecule has 1 N–H and O–H groups in total. The number of hydrogen-bond acceptors (Lipinski definition) is 5. The molecular weight excluding hydrogens is 454 g/mol. The molecule has 188 valence electrons. The molecule has 0 aliphatic heterocycles. The zero-order chi connectivity index (χ0) is 24.9. The molecule has 2 aliphatic carbocycles. The topological polar surface area (TPSA) is 53.9 Å². The Labute approximate surface area is 220 Å². The second-order valence-electron chi connectivity index (χ2n) is 10.2. The van der Waals surface area contributed by atoms with Gasteiger partial charge in [-0.1, -0.05) is 36.4 Å². The largest absolute Gasteiger partial charge is 0.311 e. The zero-order valence-corrected chi connectivity index (χ0v) is 21.4. The van der Waals surface area contributed by atoms with Gasteiger partial charge in [0.25, 0.3) is 0 Å². The first-order chi connectivity index (χ1) is 18.4. The molecule has 5 heteroatoms. The van der Waals surface area contributed by atoms with Crippen molar-refractivity contribution in [1.82, 2.24) is 25.2 Å². The minimum atomic E-state index is 0.355. The fourth-order valence-corrected chi connectivity index (χ4v) is 6.01. The molecule has 5 nitrogen and oxygen atoms in total. The van der Waals surface area contributed by atoms with Crippen LogP contribution in [-0.4, -0.2) is 32.9 Å². The molecule has 1 aromatic carbocycles. The Balaban J connectivity index is 1.17. The first-order valence-corrected chi connectivity index (χ1v) is 13.7. The lowest BCUT2D eigenvalue weighted by molar-refractivity contribution is 0.160. The maximum Gasteiger partial charge on any atom is 0.0607 e. The summed E-state index contributed by atoms with van der Waals surface area (Å²) in [4.78, 5) is 16.9. The van der Waals surface area contributed by atoms with Crippen molar-refractivity contribution in [2.24, 2.45) is 0 Å². The first kappa shape index (κ1) is 24.0. The lowest BCUT2D eigenvalue weighted by Gasteiger charge is -2.35. The van der Waals surface area contributed by atoms with Crippen LogP contribution in [0, 0.1) is 0 Å². The van der Waals surface area contributed by atoms with Crippen LogP contribution in [0.1, 0.15) is 65.5 Å². The van der Waals surface area contributed by atoms with E-state index in [2.05, 4.69) is 63.7 Å². The van der Waals surface area contributed by atoms with Crippen LogP contribution in [0.15, 0.2) is 79.3 Å². The van der Waals surface area contributed by atoms with E-state index in [1.54, 1.807) is 0 Å². The summed E-state index contributed by atoms with van der Waals surface area (Å²) in [5.41, 5.74) is 10.6. The van der Waals surface area contributed by atoms with E-state index in [9.17, 15) is 0 Å². The monoisotopic (exact) mass is 489 g/mol. The minimum Gasteiger partial charge on any atom is -0.311 e. The van der Waals surface area contributed by atoms with E-state index < -0.39 is 0 Å². The quantitative estimate of drug-likeness (QED) is 0.248. The molecule has 0 spiro atoms. The normalized spacial score (nSPS) is 15.9. The number of pyridine rings is 3. The van der Waals surface area contributed by atoms with Gasteiger partial charge in [-0.25, -0.2) is 0 Å². The number of unbranched alkanes of at least 4 members (excludes halogenated alkanes) is 1. The summed E-state index contributed by atoms with van der Waals surface area (Å²) in [6.07, 6.45) is 12.6. The number of aromatic nitrogens is 3. The second kappa shape index (κ2) is 11.3. The fourth-order valence-electron chi connectivity index (χ4n) is 6.01. The van der Waals surface area contributed by atoms with Crippen molar-refractivity contribution in [3.63, 3.8) is 0 Å². The molecule has 0 saturated carbocycles. The van der Waals surface area contributed by atoms with Crippen molar-refractivity contribution in [3.05, 3.63) is 113 Å². The lowest BCUT2D eigenvalue weighted by atomic mass is 9.90. The first-order valence-electron chi connectivity index (χ1n) is 13.7. The molecule has 1 atom stereocenters. The Hall–Kier alpha value is -3.41. The maximum atomic E-state index is 4.93. The smallest absolute Gasteiger partial charge is 0.0607 e. The molecule has 0 bridgehead atoms. The Morgan fingerprint density at radius 2 is 1.70 bits per heavy atom. The van der Waals surface area contributed by atoms with Crippen LogP contribution in [0.3, 0.4) is 0 Å². The van der Waals surface area contributed by atoms with E-state index >= 15 is 0 Å². The standard InChI is InChI=1S/C32H35N5/c1-2-13-27-25(9-1)21-29-28(27)15-19-35-30(29)23-37(31-14-7-10-24-11-8-18-36-32(24)31)20-6-5-16-33-22-26-12-3-4-17-34-26/h1-4,8-9,11-13,15,17-19,31,33H,5-7,10,14,16,20-23H2.